The molecule has 1 fully saturated rings. The van der Waals surface area contributed by atoms with Gasteiger partial charge in [0.1, 0.15) is 12.1 Å². The maximum absolute atomic E-state index is 13.5. The number of hydroxylamine groups is 1. The molecule has 2 amide bonds. The summed E-state index contributed by atoms with van der Waals surface area (Å²) < 4.78 is 23.7. The van der Waals surface area contributed by atoms with Gasteiger partial charge >= 0.3 is 0 Å². The van der Waals surface area contributed by atoms with Gasteiger partial charge in [-0.25, -0.2) is 14.7 Å². The lowest BCUT2D eigenvalue weighted by atomic mass is 10.1. The number of furan rings is 1. The highest BCUT2D eigenvalue weighted by atomic mass is 19.1. The van der Waals surface area contributed by atoms with Crippen molar-refractivity contribution >= 4 is 17.5 Å². The van der Waals surface area contributed by atoms with Gasteiger partial charge in [-0.2, -0.15) is 0 Å². The monoisotopic (exact) mass is 348 g/mol. The number of amides is 2. The number of halogens is 1. The summed E-state index contributed by atoms with van der Waals surface area (Å²) in [4.78, 5) is 29.6. The maximum Gasteiger partial charge on any atom is 0.277 e. The summed E-state index contributed by atoms with van der Waals surface area (Å²) in [5.74, 6) is -1.72. The largest absolute Gasteiger partial charge is 0.472 e. The first-order valence-corrected chi connectivity index (χ1v) is 7.84. The normalized spacial score (nSPS) is 17.1. The number of anilines is 1. The molecule has 0 saturated carbocycles. The topological polar surface area (TPSA) is 89.8 Å². The minimum Gasteiger partial charge on any atom is -0.472 e. The number of benzene rings is 1. The van der Waals surface area contributed by atoms with Gasteiger partial charge in [0, 0.05) is 13.0 Å². The zero-order valence-electron chi connectivity index (χ0n) is 13.3. The lowest BCUT2D eigenvalue weighted by molar-refractivity contribution is -0.186. The summed E-state index contributed by atoms with van der Waals surface area (Å²) in [5, 5.41) is 2.49. The van der Waals surface area contributed by atoms with Crippen LogP contribution in [0.5, 0.6) is 0 Å². The lowest BCUT2D eigenvalue weighted by Gasteiger charge is -2.22. The summed E-state index contributed by atoms with van der Waals surface area (Å²) in [6.07, 6.45) is 4.65. The molecule has 2 heterocycles. The van der Waals surface area contributed by atoms with Gasteiger partial charge in [0.05, 0.1) is 23.1 Å². The zero-order valence-corrected chi connectivity index (χ0v) is 13.3. The molecule has 1 saturated heterocycles. The highest BCUT2D eigenvalue weighted by molar-refractivity contribution is 6.08. The third-order valence-electron chi connectivity index (χ3n) is 3.68. The van der Waals surface area contributed by atoms with Crippen molar-refractivity contribution in [3.63, 3.8) is 0 Å². The second-order valence-corrected chi connectivity index (χ2v) is 5.50. The molecule has 1 atom stereocenters. The molecule has 2 N–H and O–H groups in total. The van der Waals surface area contributed by atoms with Gasteiger partial charge in [-0.05, 0) is 37.1 Å². The summed E-state index contributed by atoms with van der Waals surface area (Å²) in [6, 6.07) is 4.90. The van der Waals surface area contributed by atoms with Crippen molar-refractivity contribution in [2.45, 2.75) is 25.6 Å². The van der Waals surface area contributed by atoms with Gasteiger partial charge in [-0.3, -0.25) is 9.59 Å². The van der Waals surface area contributed by atoms with Gasteiger partial charge in [0.15, 0.2) is 6.29 Å². The van der Waals surface area contributed by atoms with Crippen molar-refractivity contribution in [1.82, 2.24) is 5.48 Å². The molecule has 0 aliphatic carbocycles. The second-order valence-electron chi connectivity index (χ2n) is 5.50. The molecule has 25 heavy (non-hydrogen) atoms. The van der Waals surface area contributed by atoms with Gasteiger partial charge in [-0.15, -0.1) is 0 Å². The fourth-order valence-corrected chi connectivity index (χ4v) is 2.38. The molecular weight excluding hydrogens is 331 g/mol. The van der Waals surface area contributed by atoms with Crippen LogP contribution in [0.25, 0.3) is 0 Å². The number of carbonyl (C=O) groups is 2. The Kier molecular flexibility index (Phi) is 5.42. The third kappa shape index (κ3) is 4.43. The van der Waals surface area contributed by atoms with E-state index in [1.807, 2.05) is 0 Å². The van der Waals surface area contributed by atoms with Crippen molar-refractivity contribution in [2.24, 2.45) is 0 Å². The molecule has 3 rings (SSSR count). The number of rotatable bonds is 5. The molecule has 1 aromatic carbocycles. The highest BCUT2D eigenvalue weighted by Gasteiger charge is 2.19. The van der Waals surface area contributed by atoms with Crippen LogP contribution in [0.15, 0.2) is 41.2 Å². The third-order valence-corrected chi connectivity index (χ3v) is 3.68. The fourth-order valence-electron chi connectivity index (χ4n) is 2.38. The molecule has 1 unspecified atom stereocenters. The maximum atomic E-state index is 13.5. The standard InChI is InChI=1S/C17H17FN2O5/c18-12-4-5-13(17(22)20-25-15-3-1-2-7-24-15)14(9-12)19-16(21)11-6-8-23-10-11/h4-6,8-10,15H,1-3,7H2,(H,19,21)(H,20,22). The molecule has 0 bridgehead atoms. The first kappa shape index (κ1) is 17.1. The van der Waals surface area contributed by atoms with Crippen LogP contribution < -0.4 is 10.8 Å². The molecule has 1 aromatic heterocycles. The summed E-state index contributed by atoms with van der Waals surface area (Å²) in [5.41, 5.74) is 2.62. The molecule has 1 aliphatic rings. The fraction of sp³-hybridized carbons (Fsp3) is 0.294. The smallest absolute Gasteiger partial charge is 0.277 e. The predicted molar refractivity (Wildman–Crippen MR) is 85.2 cm³/mol. The van der Waals surface area contributed by atoms with Crippen LogP contribution >= 0.6 is 0 Å². The van der Waals surface area contributed by atoms with Crippen molar-refractivity contribution in [3.05, 3.63) is 53.7 Å². The number of carbonyl (C=O) groups excluding carboxylic acids is 2. The van der Waals surface area contributed by atoms with Crippen LogP contribution in [0.2, 0.25) is 0 Å². The Bertz CT molecular complexity index is 742. The number of nitrogens with one attached hydrogen (secondary N) is 2. The molecule has 2 aromatic rings. The highest BCUT2D eigenvalue weighted by Crippen LogP contribution is 2.19. The zero-order chi connectivity index (χ0) is 17.6. The SMILES string of the molecule is O=C(Nc1cc(F)ccc1C(=O)NOC1CCCCO1)c1ccoc1. The van der Waals surface area contributed by atoms with Crippen LogP contribution in [0.1, 0.15) is 40.0 Å². The quantitative estimate of drug-likeness (QED) is 0.811. The number of ether oxygens (including phenoxy) is 1. The molecule has 8 heteroatoms. The van der Waals surface area contributed by atoms with E-state index in [2.05, 4.69) is 10.8 Å². The van der Waals surface area contributed by atoms with Crippen LogP contribution in [0.3, 0.4) is 0 Å². The van der Waals surface area contributed by atoms with Crippen molar-refractivity contribution < 1.29 is 28.0 Å². The van der Waals surface area contributed by atoms with Crippen LogP contribution in [0, 0.1) is 5.82 Å². The van der Waals surface area contributed by atoms with E-state index in [1.165, 1.54) is 24.7 Å². The van der Waals surface area contributed by atoms with Crippen LogP contribution in [0.4, 0.5) is 10.1 Å². The van der Waals surface area contributed by atoms with Crippen molar-refractivity contribution in [2.75, 3.05) is 11.9 Å². The first-order valence-electron chi connectivity index (χ1n) is 7.84. The first-order chi connectivity index (χ1) is 12.1. The summed E-state index contributed by atoms with van der Waals surface area (Å²) in [6.45, 7) is 0.573. The summed E-state index contributed by atoms with van der Waals surface area (Å²) >= 11 is 0. The van der Waals surface area contributed by atoms with E-state index in [4.69, 9.17) is 14.0 Å². The van der Waals surface area contributed by atoms with Crippen LogP contribution in [-0.4, -0.2) is 24.7 Å². The van der Waals surface area contributed by atoms with E-state index >= 15 is 0 Å². The lowest BCUT2D eigenvalue weighted by Crippen LogP contribution is -2.33. The second kappa shape index (κ2) is 7.91. The van der Waals surface area contributed by atoms with Gasteiger partial charge in [0.2, 0.25) is 0 Å². The molecule has 7 nitrogen and oxygen atoms in total. The predicted octanol–water partition coefficient (Wildman–Crippen LogP) is 2.86. The van der Waals surface area contributed by atoms with Gasteiger partial charge in [0.25, 0.3) is 11.8 Å². The minimum absolute atomic E-state index is 0.0249. The Morgan fingerprint density at radius 2 is 2.08 bits per heavy atom. The Morgan fingerprint density at radius 1 is 1.20 bits per heavy atom. The van der Waals surface area contributed by atoms with Crippen molar-refractivity contribution in [3.8, 4) is 0 Å². The molecular formula is C17H17FN2O5. The Hall–Kier alpha value is -2.71. The van der Waals surface area contributed by atoms with E-state index in [1.54, 1.807) is 0 Å². The summed E-state index contributed by atoms with van der Waals surface area (Å²) in [7, 11) is 0. The van der Waals surface area contributed by atoms with Crippen molar-refractivity contribution in [1.29, 1.82) is 0 Å². The molecule has 0 spiro atoms. The number of hydrogen-bond acceptors (Lipinski definition) is 5. The van der Waals surface area contributed by atoms with E-state index in [-0.39, 0.29) is 16.8 Å². The van der Waals surface area contributed by atoms with Crippen LogP contribution in [-0.2, 0) is 9.57 Å². The minimum atomic E-state index is -0.614. The van der Waals surface area contributed by atoms with E-state index in [9.17, 15) is 14.0 Å². The number of hydrogen-bond donors (Lipinski definition) is 2. The van der Waals surface area contributed by atoms with E-state index in [0.29, 0.717) is 13.0 Å². The Labute approximate surface area is 143 Å². The molecule has 1 aliphatic heterocycles. The Balaban J connectivity index is 1.69. The van der Waals surface area contributed by atoms with E-state index in [0.717, 1.165) is 25.0 Å². The molecule has 132 valence electrons. The Morgan fingerprint density at radius 3 is 2.80 bits per heavy atom. The van der Waals surface area contributed by atoms with E-state index < -0.39 is 23.9 Å². The average molecular weight is 348 g/mol. The molecule has 0 radical (unpaired) electrons. The average Bonchev–Trinajstić information content (AvgIpc) is 3.15. The van der Waals surface area contributed by atoms with Gasteiger partial charge in [-0.1, -0.05) is 0 Å². The van der Waals surface area contributed by atoms with Gasteiger partial charge < -0.3 is 14.5 Å².